The molecule has 0 radical (unpaired) electrons. The second kappa shape index (κ2) is 10.6. The van der Waals surface area contributed by atoms with Crippen LogP contribution in [0.25, 0.3) is 10.9 Å². The highest BCUT2D eigenvalue weighted by Gasteiger charge is 2.25. The van der Waals surface area contributed by atoms with Gasteiger partial charge in [0, 0.05) is 23.5 Å². The van der Waals surface area contributed by atoms with Gasteiger partial charge in [0.25, 0.3) is 5.91 Å². The molecule has 0 aliphatic carbocycles. The van der Waals surface area contributed by atoms with Gasteiger partial charge in [0.1, 0.15) is 11.8 Å². The third-order valence-electron chi connectivity index (χ3n) is 5.30. The molecule has 0 unspecified atom stereocenters. The van der Waals surface area contributed by atoms with Gasteiger partial charge in [-0.2, -0.15) is 9.97 Å². The Bertz CT molecular complexity index is 1330. The van der Waals surface area contributed by atoms with E-state index >= 15 is 0 Å². The highest BCUT2D eigenvalue weighted by Crippen LogP contribution is 2.27. The monoisotopic (exact) mass is 476 g/mol. The van der Waals surface area contributed by atoms with Crippen molar-refractivity contribution < 1.29 is 28.5 Å². The van der Waals surface area contributed by atoms with E-state index in [1.54, 1.807) is 24.3 Å². The highest BCUT2D eigenvalue weighted by atomic mass is 16.5. The van der Waals surface area contributed by atoms with Crippen LogP contribution in [0.4, 0.5) is 0 Å². The lowest BCUT2D eigenvalue weighted by Crippen LogP contribution is -2.43. The molecule has 2 aromatic carbocycles. The van der Waals surface area contributed by atoms with Crippen LogP contribution < -0.4 is 19.5 Å². The van der Waals surface area contributed by atoms with Gasteiger partial charge in [-0.05, 0) is 23.8 Å². The number of benzene rings is 2. The van der Waals surface area contributed by atoms with Crippen LogP contribution in [0.1, 0.15) is 15.9 Å². The standard InChI is InChI=1S/C25H24N4O6/c1-32-21-13-22(33-2)29-25(28-21)35-20-11-7-5-9-17(20)23(30)27-19(24(31)34-3)12-15-14-26-18-10-6-4-8-16(15)18/h4-11,13-14,19,26H,12H2,1-3H3,(H,27,30)/t19-/m0/s1. The lowest BCUT2D eigenvalue weighted by molar-refractivity contribution is -0.142. The maximum Gasteiger partial charge on any atom is 0.328 e. The zero-order valence-electron chi connectivity index (χ0n) is 19.4. The van der Waals surface area contributed by atoms with E-state index in [1.807, 2.05) is 30.5 Å². The van der Waals surface area contributed by atoms with Gasteiger partial charge >= 0.3 is 12.0 Å². The number of hydrogen-bond acceptors (Lipinski definition) is 8. The number of rotatable bonds is 9. The number of fused-ring (bicyclic) bond motifs is 1. The molecule has 2 N–H and O–H groups in total. The summed E-state index contributed by atoms with van der Waals surface area (Å²) < 4.78 is 21.0. The van der Waals surface area contributed by atoms with Crippen molar-refractivity contribution >= 4 is 22.8 Å². The molecule has 4 rings (SSSR count). The first-order valence-corrected chi connectivity index (χ1v) is 10.7. The molecule has 1 amide bonds. The van der Waals surface area contributed by atoms with E-state index in [1.165, 1.54) is 27.4 Å². The third kappa shape index (κ3) is 5.32. The number of carbonyl (C=O) groups is 2. The molecule has 1 atom stereocenters. The minimum absolute atomic E-state index is 0.0650. The first-order valence-electron chi connectivity index (χ1n) is 10.7. The predicted molar refractivity (Wildman–Crippen MR) is 127 cm³/mol. The summed E-state index contributed by atoms with van der Waals surface area (Å²) in [4.78, 5) is 37.2. The smallest absolute Gasteiger partial charge is 0.328 e. The third-order valence-corrected chi connectivity index (χ3v) is 5.30. The number of methoxy groups -OCH3 is 3. The molecule has 0 bridgehead atoms. The van der Waals surface area contributed by atoms with Crippen molar-refractivity contribution in [2.45, 2.75) is 12.5 Å². The van der Waals surface area contributed by atoms with Crippen molar-refractivity contribution in [2.75, 3.05) is 21.3 Å². The van der Waals surface area contributed by atoms with Crippen LogP contribution in [0.15, 0.2) is 60.8 Å². The molecule has 180 valence electrons. The summed E-state index contributed by atoms with van der Waals surface area (Å²) in [6, 6.07) is 14.8. The molecule has 0 aliphatic rings. The summed E-state index contributed by atoms with van der Waals surface area (Å²) in [5.74, 6) is -0.429. The van der Waals surface area contributed by atoms with E-state index in [0.717, 1.165) is 16.5 Å². The van der Waals surface area contributed by atoms with Crippen molar-refractivity contribution in [3.05, 3.63) is 71.9 Å². The van der Waals surface area contributed by atoms with Crippen LogP contribution in [0.5, 0.6) is 23.5 Å². The van der Waals surface area contributed by atoms with Crippen molar-refractivity contribution in [1.29, 1.82) is 0 Å². The summed E-state index contributed by atoms with van der Waals surface area (Å²) >= 11 is 0. The van der Waals surface area contributed by atoms with Gasteiger partial charge in [-0.1, -0.05) is 30.3 Å². The van der Waals surface area contributed by atoms with Crippen molar-refractivity contribution in [1.82, 2.24) is 20.3 Å². The number of esters is 1. The second-order valence-corrected chi connectivity index (χ2v) is 7.45. The molecular weight excluding hydrogens is 452 g/mol. The zero-order chi connectivity index (χ0) is 24.8. The lowest BCUT2D eigenvalue weighted by atomic mass is 10.0. The van der Waals surface area contributed by atoms with Crippen LogP contribution in [-0.4, -0.2) is 54.2 Å². The number of H-pyrrole nitrogens is 1. The molecule has 10 heteroatoms. The fourth-order valence-corrected chi connectivity index (χ4v) is 3.57. The van der Waals surface area contributed by atoms with Gasteiger partial charge < -0.3 is 29.2 Å². The molecule has 4 aromatic rings. The Morgan fingerprint density at radius 2 is 1.66 bits per heavy atom. The molecule has 2 heterocycles. The number of amides is 1. The van der Waals surface area contributed by atoms with Gasteiger partial charge in [-0.25, -0.2) is 4.79 Å². The summed E-state index contributed by atoms with van der Waals surface area (Å²) in [5, 5.41) is 3.72. The fourth-order valence-electron chi connectivity index (χ4n) is 3.57. The lowest BCUT2D eigenvalue weighted by Gasteiger charge is -2.17. The molecular formula is C25H24N4O6. The Kier molecular flexibility index (Phi) is 7.10. The summed E-state index contributed by atoms with van der Waals surface area (Å²) in [6.07, 6.45) is 2.05. The zero-order valence-corrected chi connectivity index (χ0v) is 19.4. The highest BCUT2D eigenvalue weighted by molar-refractivity contribution is 5.99. The van der Waals surface area contributed by atoms with Crippen LogP contribution in [0, 0.1) is 0 Å². The minimum atomic E-state index is -0.923. The normalized spacial score (nSPS) is 11.5. The number of carbonyl (C=O) groups excluding carboxylic acids is 2. The number of aromatic nitrogens is 3. The Labute approximate surface area is 201 Å². The van der Waals surface area contributed by atoms with E-state index in [4.69, 9.17) is 18.9 Å². The SMILES string of the molecule is COC(=O)[C@H](Cc1c[nH]c2ccccc12)NC(=O)c1ccccc1Oc1nc(OC)cc(OC)n1. The van der Waals surface area contributed by atoms with E-state index < -0.39 is 17.9 Å². The number of ether oxygens (including phenoxy) is 4. The van der Waals surface area contributed by atoms with Crippen LogP contribution in [0.2, 0.25) is 0 Å². The van der Waals surface area contributed by atoms with E-state index in [9.17, 15) is 9.59 Å². The molecule has 0 saturated carbocycles. The van der Waals surface area contributed by atoms with Crippen molar-refractivity contribution in [2.24, 2.45) is 0 Å². The molecule has 0 fully saturated rings. The van der Waals surface area contributed by atoms with Gasteiger partial charge in [-0.15, -0.1) is 0 Å². The van der Waals surface area contributed by atoms with E-state index in [0.29, 0.717) is 0 Å². The Balaban J connectivity index is 1.58. The number of hydrogen-bond donors (Lipinski definition) is 2. The minimum Gasteiger partial charge on any atom is -0.481 e. The Morgan fingerprint density at radius 3 is 2.37 bits per heavy atom. The van der Waals surface area contributed by atoms with Crippen LogP contribution >= 0.6 is 0 Å². The Morgan fingerprint density at radius 1 is 0.971 bits per heavy atom. The number of nitrogens with zero attached hydrogens (tertiary/aromatic N) is 2. The summed E-state index contributed by atoms with van der Waals surface area (Å²) in [7, 11) is 4.18. The maximum absolute atomic E-state index is 13.2. The van der Waals surface area contributed by atoms with Gasteiger partial charge in [0.2, 0.25) is 11.8 Å². The first kappa shape index (κ1) is 23.6. The van der Waals surface area contributed by atoms with E-state index in [-0.39, 0.29) is 35.5 Å². The molecule has 0 aliphatic heterocycles. The van der Waals surface area contributed by atoms with Gasteiger partial charge in [0.15, 0.2) is 0 Å². The predicted octanol–water partition coefficient (Wildman–Crippen LogP) is 3.28. The maximum atomic E-state index is 13.2. The Hall–Kier alpha value is -4.60. The van der Waals surface area contributed by atoms with Crippen LogP contribution in [0.3, 0.4) is 0 Å². The van der Waals surface area contributed by atoms with Crippen molar-refractivity contribution in [3.63, 3.8) is 0 Å². The average molecular weight is 476 g/mol. The van der Waals surface area contributed by atoms with E-state index in [2.05, 4.69) is 20.3 Å². The van der Waals surface area contributed by atoms with Crippen LogP contribution in [-0.2, 0) is 16.0 Å². The molecule has 0 spiro atoms. The summed E-state index contributed by atoms with van der Waals surface area (Å²) in [6.45, 7) is 0. The first-order chi connectivity index (χ1) is 17.0. The largest absolute Gasteiger partial charge is 0.481 e. The van der Waals surface area contributed by atoms with Gasteiger partial charge in [-0.3, -0.25) is 4.79 Å². The van der Waals surface area contributed by atoms with Crippen molar-refractivity contribution in [3.8, 4) is 23.5 Å². The number of nitrogens with one attached hydrogen (secondary N) is 2. The second-order valence-electron chi connectivity index (χ2n) is 7.45. The number of aromatic amines is 1. The number of para-hydroxylation sites is 2. The molecule has 10 nitrogen and oxygen atoms in total. The molecule has 0 saturated heterocycles. The van der Waals surface area contributed by atoms with Gasteiger partial charge in [0.05, 0.1) is 33.0 Å². The average Bonchev–Trinajstić information content (AvgIpc) is 3.30. The topological polar surface area (TPSA) is 125 Å². The molecule has 2 aromatic heterocycles. The molecule has 35 heavy (non-hydrogen) atoms. The fraction of sp³-hybridized carbons (Fsp3) is 0.200. The quantitative estimate of drug-likeness (QED) is 0.353. The summed E-state index contributed by atoms with van der Waals surface area (Å²) in [5.41, 5.74) is 1.99.